The van der Waals surface area contributed by atoms with E-state index < -0.39 is 0 Å². The first-order valence-corrected chi connectivity index (χ1v) is 20.6. The van der Waals surface area contributed by atoms with Gasteiger partial charge in [0.05, 0.1) is 5.69 Å². The van der Waals surface area contributed by atoms with E-state index in [2.05, 4.69) is 244 Å². The van der Waals surface area contributed by atoms with Gasteiger partial charge in [0.15, 0.2) is 0 Å². The molecule has 1 aliphatic carbocycles. The lowest BCUT2D eigenvalue weighted by Gasteiger charge is -2.30. The van der Waals surface area contributed by atoms with Crippen molar-refractivity contribution in [2.24, 2.45) is 0 Å². The maximum atomic E-state index is 2.46. The number of benzene rings is 9. The highest BCUT2D eigenvalue weighted by molar-refractivity contribution is 5.93. The highest BCUT2D eigenvalue weighted by Gasteiger charge is 2.36. The molecule has 0 unspecified atom stereocenters. The monoisotopic (exact) mass is 755 g/mol. The SMILES string of the molecule is Cc1ccccc1-c1cc(-c2ccc(-c3ccccc3)cc2)ccc1N(c1ccc(-c2ccc(-c3ccccc3)cc2)cc1)c1ccc2c(c1)C(C)(C)c1ccccc1-2. The van der Waals surface area contributed by atoms with E-state index >= 15 is 0 Å². The van der Waals surface area contributed by atoms with E-state index in [1.54, 1.807) is 0 Å². The van der Waals surface area contributed by atoms with Crippen LogP contribution in [0.1, 0.15) is 30.5 Å². The van der Waals surface area contributed by atoms with Crippen molar-refractivity contribution >= 4 is 17.1 Å². The van der Waals surface area contributed by atoms with Gasteiger partial charge in [0.1, 0.15) is 0 Å². The zero-order valence-corrected chi connectivity index (χ0v) is 33.7. The van der Waals surface area contributed by atoms with Crippen LogP contribution in [0.2, 0.25) is 0 Å². The number of hydrogen-bond acceptors (Lipinski definition) is 1. The normalized spacial score (nSPS) is 12.5. The summed E-state index contributed by atoms with van der Waals surface area (Å²) >= 11 is 0. The summed E-state index contributed by atoms with van der Waals surface area (Å²) in [6, 6.07) is 79.9. The topological polar surface area (TPSA) is 3.24 Å². The van der Waals surface area contributed by atoms with Gasteiger partial charge < -0.3 is 4.90 Å². The fraction of sp³-hybridized carbons (Fsp3) is 0.0690. The van der Waals surface area contributed by atoms with Gasteiger partial charge >= 0.3 is 0 Å². The molecule has 0 amide bonds. The molecule has 0 aromatic heterocycles. The number of hydrogen-bond donors (Lipinski definition) is 0. The summed E-state index contributed by atoms with van der Waals surface area (Å²) in [6.45, 7) is 6.94. The molecule has 0 radical (unpaired) electrons. The Morgan fingerprint density at radius 3 is 1.31 bits per heavy atom. The minimum absolute atomic E-state index is 0.127. The van der Waals surface area contributed by atoms with Crippen LogP contribution >= 0.6 is 0 Å². The molecule has 0 aliphatic heterocycles. The predicted molar refractivity (Wildman–Crippen MR) is 251 cm³/mol. The quantitative estimate of drug-likeness (QED) is 0.149. The molecule has 1 aliphatic rings. The zero-order valence-electron chi connectivity index (χ0n) is 33.7. The minimum atomic E-state index is -0.127. The highest BCUT2D eigenvalue weighted by atomic mass is 15.1. The first kappa shape index (κ1) is 36.1. The number of anilines is 3. The Morgan fingerprint density at radius 2 is 0.729 bits per heavy atom. The maximum Gasteiger partial charge on any atom is 0.0540 e. The van der Waals surface area contributed by atoms with E-state index in [-0.39, 0.29) is 5.41 Å². The van der Waals surface area contributed by atoms with E-state index in [0.29, 0.717) is 0 Å². The molecule has 1 nitrogen and oxygen atoms in total. The molecular weight excluding hydrogens is 711 g/mol. The molecule has 0 fully saturated rings. The molecule has 0 N–H and O–H groups in total. The van der Waals surface area contributed by atoms with Crippen LogP contribution in [0.4, 0.5) is 17.1 Å². The molecule has 0 atom stereocenters. The zero-order chi connectivity index (χ0) is 39.9. The van der Waals surface area contributed by atoms with Gasteiger partial charge in [0.25, 0.3) is 0 Å². The van der Waals surface area contributed by atoms with Crippen LogP contribution in [-0.4, -0.2) is 0 Å². The summed E-state index contributed by atoms with van der Waals surface area (Å²) < 4.78 is 0. The minimum Gasteiger partial charge on any atom is -0.310 e. The third-order valence-electron chi connectivity index (χ3n) is 12.3. The van der Waals surface area contributed by atoms with Gasteiger partial charge in [-0.25, -0.2) is 0 Å². The van der Waals surface area contributed by atoms with E-state index in [1.165, 1.54) is 83.5 Å². The second-order valence-electron chi connectivity index (χ2n) is 16.2. The lowest BCUT2D eigenvalue weighted by Crippen LogP contribution is -2.17. The molecule has 0 heterocycles. The molecule has 0 spiro atoms. The average Bonchev–Trinajstić information content (AvgIpc) is 3.53. The molecule has 1 heteroatoms. The summed E-state index contributed by atoms with van der Waals surface area (Å²) in [5.41, 5.74) is 21.9. The van der Waals surface area contributed by atoms with Crippen molar-refractivity contribution in [2.75, 3.05) is 4.90 Å². The van der Waals surface area contributed by atoms with Gasteiger partial charge in [-0.2, -0.15) is 0 Å². The van der Waals surface area contributed by atoms with Crippen molar-refractivity contribution in [1.82, 2.24) is 0 Å². The van der Waals surface area contributed by atoms with Crippen molar-refractivity contribution < 1.29 is 0 Å². The average molecular weight is 756 g/mol. The largest absolute Gasteiger partial charge is 0.310 e. The molecule has 9 aromatic carbocycles. The first-order valence-electron chi connectivity index (χ1n) is 20.6. The highest BCUT2D eigenvalue weighted by Crippen LogP contribution is 2.51. The van der Waals surface area contributed by atoms with Crippen molar-refractivity contribution in [3.05, 3.63) is 235 Å². The van der Waals surface area contributed by atoms with Gasteiger partial charge in [-0.15, -0.1) is 0 Å². The fourth-order valence-corrected chi connectivity index (χ4v) is 9.03. The third-order valence-corrected chi connectivity index (χ3v) is 12.3. The number of fused-ring (bicyclic) bond motifs is 3. The Morgan fingerprint density at radius 1 is 0.305 bits per heavy atom. The molecule has 0 saturated heterocycles. The van der Waals surface area contributed by atoms with Gasteiger partial charge in [0.2, 0.25) is 0 Å². The van der Waals surface area contributed by atoms with E-state index in [0.717, 1.165) is 17.1 Å². The van der Waals surface area contributed by atoms with Crippen LogP contribution in [0.25, 0.3) is 66.8 Å². The van der Waals surface area contributed by atoms with Crippen LogP contribution in [0.5, 0.6) is 0 Å². The summed E-state index contributed by atoms with van der Waals surface area (Å²) in [4.78, 5) is 2.46. The van der Waals surface area contributed by atoms with Gasteiger partial charge in [0, 0.05) is 22.4 Å². The summed E-state index contributed by atoms with van der Waals surface area (Å²) in [6.07, 6.45) is 0. The van der Waals surface area contributed by atoms with E-state index in [9.17, 15) is 0 Å². The second-order valence-corrected chi connectivity index (χ2v) is 16.2. The number of nitrogens with zero attached hydrogens (tertiary/aromatic N) is 1. The molecule has 10 rings (SSSR count). The maximum absolute atomic E-state index is 2.46. The predicted octanol–water partition coefficient (Wildman–Crippen LogP) is 16.1. The van der Waals surface area contributed by atoms with Crippen LogP contribution in [-0.2, 0) is 5.41 Å². The molecule has 59 heavy (non-hydrogen) atoms. The Kier molecular flexibility index (Phi) is 9.15. The summed E-state index contributed by atoms with van der Waals surface area (Å²) in [5, 5.41) is 0. The number of aryl methyl sites for hydroxylation is 1. The van der Waals surface area contributed by atoms with Gasteiger partial charge in [-0.3, -0.25) is 0 Å². The molecule has 0 saturated carbocycles. The van der Waals surface area contributed by atoms with Crippen LogP contribution < -0.4 is 4.90 Å². The van der Waals surface area contributed by atoms with Crippen LogP contribution in [0, 0.1) is 6.92 Å². The van der Waals surface area contributed by atoms with Crippen LogP contribution in [0.15, 0.2) is 218 Å². The van der Waals surface area contributed by atoms with Crippen molar-refractivity contribution in [3.63, 3.8) is 0 Å². The Hall–Kier alpha value is -7.22. The Balaban J connectivity index is 1.11. The fourth-order valence-electron chi connectivity index (χ4n) is 9.03. The molecule has 0 bridgehead atoms. The smallest absolute Gasteiger partial charge is 0.0540 e. The standard InChI is InChI=1S/C58H45N/c1-40-14-10-11-19-51(40)54-38-48(47-28-26-44(27-29-47)42-17-8-5-9-18-42)32-37-57(54)59(50-35-36-53-52-20-12-13-21-55(52)58(2,3)56(53)39-50)49-33-30-46(31-34-49)45-24-22-43(23-25-45)41-15-6-4-7-16-41/h4-39H,1-3H3. The Bertz CT molecular complexity index is 2920. The lowest BCUT2D eigenvalue weighted by atomic mass is 9.82. The second kappa shape index (κ2) is 14.9. The van der Waals surface area contributed by atoms with E-state index in [4.69, 9.17) is 0 Å². The lowest BCUT2D eigenvalue weighted by molar-refractivity contribution is 0.660. The van der Waals surface area contributed by atoms with Crippen LogP contribution in [0.3, 0.4) is 0 Å². The summed E-state index contributed by atoms with van der Waals surface area (Å²) in [7, 11) is 0. The van der Waals surface area contributed by atoms with Crippen molar-refractivity contribution in [3.8, 4) is 66.8 Å². The molecular formula is C58H45N. The molecule has 282 valence electrons. The Labute approximate surface area is 348 Å². The number of rotatable bonds is 8. The van der Waals surface area contributed by atoms with E-state index in [1.807, 2.05) is 0 Å². The third kappa shape index (κ3) is 6.65. The summed E-state index contributed by atoms with van der Waals surface area (Å²) in [5.74, 6) is 0. The van der Waals surface area contributed by atoms with Gasteiger partial charge in [-0.1, -0.05) is 196 Å². The molecule has 9 aromatic rings. The first-order chi connectivity index (χ1) is 28.9. The van der Waals surface area contributed by atoms with Gasteiger partial charge in [-0.05, 0) is 121 Å². The van der Waals surface area contributed by atoms with Crippen molar-refractivity contribution in [1.29, 1.82) is 0 Å². The van der Waals surface area contributed by atoms with Crippen molar-refractivity contribution in [2.45, 2.75) is 26.2 Å².